The van der Waals surface area contributed by atoms with Crippen LogP contribution in [-0.4, -0.2) is 34.3 Å². The Kier molecular flexibility index (Phi) is 3.39. The highest BCUT2D eigenvalue weighted by Gasteiger charge is 2.13. The third kappa shape index (κ3) is 2.31. The van der Waals surface area contributed by atoms with Gasteiger partial charge in [-0.05, 0) is 51.1 Å². The molecule has 0 amide bonds. The minimum Gasteiger partial charge on any atom is -0.301 e. The van der Waals surface area contributed by atoms with Crippen LogP contribution in [0.2, 0.25) is 0 Å². The fraction of sp³-hybridized carbons (Fsp3) is 0.500. The first-order valence-electron chi connectivity index (χ1n) is 6.59. The molecular weight excluding hydrogens is 290 g/mol. The predicted octanol–water partition coefficient (Wildman–Crippen LogP) is 3.20. The van der Waals surface area contributed by atoms with E-state index in [0.29, 0.717) is 0 Å². The number of hydrogen-bond donors (Lipinski definition) is 0. The summed E-state index contributed by atoms with van der Waals surface area (Å²) in [5.74, 6) is 0. The van der Waals surface area contributed by atoms with E-state index in [1.165, 1.54) is 36.8 Å². The first-order valence-corrected chi connectivity index (χ1v) is 7.38. The van der Waals surface area contributed by atoms with Crippen LogP contribution in [0.5, 0.6) is 0 Å². The van der Waals surface area contributed by atoms with Crippen LogP contribution in [0.1, 0.15) is 18.5 Å². The van der Waals surface area contributed by atoms with Crippen molar-refractivity contribution < 1.29 is 0 Å². The molecule has 4 heteroatoms. The maximum absolute atomic E-state index is 4.66. The fourth-order valence-corrected chi connectivity index (χ4v) is 3.07. The van der Waals surface area contributed by atoms with Crippen molar-refractivity contribution in [3.05, 3.63) is 28.4 Å². The normalized spacial score (nSPS) is 16.8. The van der Waals surface area contributed by atoms with Crippen molar-refractivity contribution in [1.82, 2.24) is 14.7 Å². The third-order valence-corrected chi connectivity index (χ3v) is 4.22. The lowest BCUT2D eigenvalue weighted by Crippen LogP contribution is -2.24. The van der Waals surface area contributed by atoms with Gasteiger partial charge in [0.05, 0.1) is 17.8 Å². The van der Waals surface area contributed by atoms with Crippen LogP contribution in [0.3, 0.4) is 0 Å². The van der Waals surface area contributed by atoms with Crippen molar-refractivity contribution in [3.8, 4) is 0 Å². The molecule has 0 radical (unpaired) electrons. The van der Waals surface area contributed by atoms with Gasteiger partial charge in [0.25, 0.3) is 0 Å². The SMILES string of the molecule is Cc1nn(CCN2CCCC2)c2cc(Br)ccc12. The number of aryl methyl sites for hydroxylation is 1. The van der Waals surface area contributed by atoms with Gasteiger partial charge < -0.3 is 4.90 Å². The third-order valence-electron chi connectivity index (χ3n) is 3.73. The van der Waals surface area contributed by atoms with Gasteiger partial charge in [-0.15, -0.1) is 0 Å². The number of aromatic nitrogens is 2. The molecule has 1 aromatic heterocycles. The smallest absolute Gasteiger partial charge is 0.0697 e. The number of halogens is 1. The summed E-state index contributed by atoms with van der Waals surface area (Å²) in [5.41, 5.74) is 2.36. The predicted molar refractivity (Wildman–Crippen MR) is 77.8 cm³/mol. The second-order valence-electron chi connectivity index (χ2n) is 5.02. The standard InChI is InChI=1S/C14H18BrN3/c1-11-13-5-4-12(15)10-14(13)18(16-11)9-8-17-6-2-3-7-17/h4-5,10H,2-3,6-9H2,1H3. The van der Waals surface area contributed by atoms with E-state index >= 15 is 0 Å². The zero-order valence-electron chi connectivity index (χ0n) is 10.7. The molecule has 3 nitrogen and oxygen atoms in total. The van der Waals surface area contributed by atoms with Crippen molar-refractivity contribution in [1.29, 1.82) is 0 Å². The van der Waals surface area contributed by atoms with E-state index in [1.54, 1.807) is 0 Å². The second kappa shape index (κ2) is 5.02. The van der Waals surface area contributed by atoms with E-state index in [0.717, 1.165) is 23.3 Å². The van der Waals surface area contributed by atoms with Gasteiger partial charge in [-0.1, -0.05) is 15.9 Å². The summed E-state index contributed by atoms with van der Waals surface area (Å²) in [6.45, 7) is 6.69. The molecule has 0 unspecified atom stereocenters. The molecule has 2 heterocycles. The highest BCUT2D eigenvalue weighted by Crippen LogP contribution is 2.22. The molecule has 1 saturated heterocycles. The number of likely N-dealkylation sites (tertiary alicyclic amines) is 1. The number of hydrogen-bond acceptors (Lipinski definition) is 2. The van der Waals surface area contributed by atoms with Gasteiger partial charge in [-0.25, -0.2) is 0 Å². The summed E-state index contributed by atoms with van der Waals surface area (Å²) in [5, 5.41) is 5.92. The average molecular weight is 308 g/mol. The second-order valence-corrected chi connectivity index (χ2v) is 5.93. The average Bonchev–Trinajstić information content (AvgIpc) is 2.95. The molecule has 0 aliphatic carbocycles. The Bertz CT molecular complexity index is 555. The summed E-state index contributed by atoms with van der Waals surface area (Å²) in [6, 6.07) is 6.40. The van der Waals surface area contributed by atoms with Crippen LogP contribution >= 0.6 is 15.9 Å². The van der Waals surface area contributed by atoms with E-state index in [-0.39, 0.29) is 0 Å². The van der Waals surface area contributed by atoms with Crippen molar-refractivity contribution in [2.45, 2.75) is 26.3 Å². The Morgan fingerprint density at radius 2 is 2.00 bits per heavy atom. The van der Waals surface area contributed by atoms with Crippen LogP contribution in [0, 0.1) is 6.92 Å². The van der Waals surface area contributed by atoms with Crippen LogP contribution in [0.25, 0.3) is 10.9 Å². The molecule has 0 atom stereocenters. The number of rotatable bonds is 3. The minimum absolute atomic E-state index is 0.987. The maximum atomic E-state index is 4.66. The van der Waals surface area contributed by atoms with E-state index in [9.17, 15) is 0 Å². The molecule has 0 saturated carbocycles. The molecule has 0 N–H and O–H groups in total. The Balaban J connectivity index is 1.84. The summed E-state index contributed by atoms with van der Waals surface area (Å²) in [4.78, 5) is 2.53. The van der Waals surface area contributed by atoms with Gasteiger partial charge in [-0.2, -0.15) is 5.10 Å². The zero-order chi connectivity index (χ0) is 12.5. The van der Waals surface area contributed by atoms with Crippen LogP contribution in [0.4, 0.5) is 0 Å². The van der Waals surface area contributed by atoms with Crippen LogP contribution < -0.4 is 0 Å². The first-order chi connectivity index (χ1) is 8.74. The molecule has 0 spiro atoms. The summed E-state index contributed by atoms with van der Waals surface area (Å²) < 4.78 is 3.27. The Morgan fingerprint density at radius 3 is 2.78 bits per heavy atom. The summed E-state index contributed by atoms with van der Waals surface area (Å²) in [6.07, 6.45) is 2.70. The van der Waals surface area contributed by atoms with Crippen molar-refractivity contribution in [3.63, 3.8) is 0 Å². The fourth-order valence-electron chi connectivity index (χ4n) is 2.73. The lowest BCUT2D eigenvalue weighted by atomic mass is 10.2. The Morgan fingerprint density at radius 1 is 1.22 bits per heavy atom. The molecule has 1 fully saturated rings. The number of nitrogens with zero attached hydrogens (tertiary/aromatic N) is 3. The molecule has 2 aromatic rings. The largest absolute Gasteiger partial charge is 0.301 e. The molecular formula is C14H18BrN3. The van der Waals surface area contributed by atoms with Crippen LogP contribution in [0.15, 0.2) is 22.7 Å². The quantitative estimate of drug-likeness (QED) is 0.868. The highest BCUT2D eigenvalue weighted by molar-refractivity contribution is 9.10. The van der Waals surface area contributed by atoms with Crippen LogP contribution in [-0.2, 0) is 6.54 Å². The van der Waals surface area contributed by atoms with Crippen molar-refractivity contribution in [2.75, 3.05) is 19.6 Å². The Hall–Kier alpha value is -0.870. The molecule has 0 bridgehead atoms. The number of benzene rings is 1. The topological polar surface area (TPSA) is 21.1 Å². The van der Waals surface area contributed by atoms with Gasteiger partial charge in [0.2, 0.25) is 0 Å². The van der Waals surface area contributed by atoms with Gasteiger partial charge in [-0.3, -0.25) is 4.68 Å². The van der Waals surface area contributed by atoms with Crippen molar-refractivity contribution in [2.24, 2.45) is 0 Å². The lowest BCUT2D eigenvalue weighted by Gasteiger charge is -2.14. The van der Waals surface area contributed by atoms with E-state index in [4.69, 9.17) is 0 Å². The summed E-state index contributed by atoms with van der Waals surface area (Å²) in [7, 11) is 0. The monoisotopic (exact) mass is 307 g/mol. The van der Waals surface area contributed by atoms with E-state index < -0.39 is 0 Å². The van der Waals surface area contributed by atoms with Gasteiger partial charge in [0, 0.05) is 16.4 Å². The molecule has 1 aliphatic rings. The van der Waals surface area contributed by atoms with E-state index in [2.05, 4.69) is 55.7 Å². The highest BCUT2D eigenvalue weighted by atomic mass is 79.9. The van der Waals surface area contributed by atoms with Gasteiger partial charge in [0.1, 0.15) is 0 Å². The first kappa shape index (κ1) is 12.2. The number of fused-ring (bicyclic) bond motifs is 1. The molecule has 3 rings (SSSR count). The molecule has 96 valence electrons. The van der Waals surface area contributed by atoms with Gasteiger partial charge >= 0.3 is 0 Å². The molecule has 18 heavy (non-hydrogen) atoms. The maximum Gasteiger partial charge on any atom is 0.0697 e. The summed E-state index contributed by atoms with van der Waals surface area (Å²) >= 11 is 3.54. The van der Waals surface area contributed by atoms with Crippen molar-refractivity contribution >= 4 is 26.8 Å². The minimum atomic E-state index is 0.987. The van der Waals surface area contributed by atoms with Gasteiger partial charge in [0.15, 0.2) is 0 Å². The lowest BCUT2D eigenvalue weighted by molar-refractivity contribution is 0.318. The molecule has 1 aliphatic heterocycles. The molecule has 1 aromatic carbocycles. The van der Waals surface area contributed by atoms with E-state index in [1.807, 2.05) is 0 Å². The Labute approximate surface area is 116 Å². The zero-order valence-corrected chi connectivity index (χ0v) is 12.3.